The van der Waals surface area contributed by atoms with Gasteiger partial charge in [-0.3, -0.25) is 4.79 Å². The molecule has 1 unspecified atom stereocenters. The molecule has 0 saturated carbocycles. The van der Waals surface area contributed by atoms with E-state index in [1.165, 1.54) is 11.8 Å². The van der Waals surface area contributed by atoms with Gasteiger partial charge in [0.25, 0.3) is 5.22 Å². The highest BCUT2D eigenvalue weighted by molar-refractivity contribution is 8.00. The summed E-state index contributed by atoms with van der Waals surface area (Å²) in [6.07, 6.45) is 0. The number of nitrogens with zero attached hydrogens (tertiary/aromatic N) is 3. The number of hydrogen-bond acceptors (Lipinski definition) is 5. The lowest BCUT2D eigenvalue weighted by Crippen LogP contribution is -2.36. The molecule has 0 aliphatic rings. The van der Waals surface area contributed by atoms with Crippen molar-refractivity contribution in [3.8, 4) is 11.5 Å². The molecule has 1 heterocycles. The molecule has 0 N–H and O–H groups in total. The zero-order chi connectivity index (χ0) is 18.5. The van der Waals surface area contributed by atoms with E-state index in [9.17, 15) is 4.79 Å². The summed E-state index contributed by atoms with van der Waals surface area (Å²) in [5.41, 5.74) is 1.66. The molecular formula is C19H18ClN3O2S. The maximum absolute atomic E-state index is 12.8. The summed E-state index contributed by atoms with van der Waals surface area (Å²) in [5, 5.41) is 8.73. The van der Waals surface area contributed by atoms with Crippen molar-refractivity contribution in [2.45, 2.75) is 24.3 Å². The highest BCUT2D eigenvalue weighted by Gasteiger charge is 2.24. The Kier molecular flexibility index (Phi) is 5.96. The summed E-state index contributed by atoms with van der Waals surface area (Å²) in [6.45, 7) is 4.38. The summed E-state index contributed by atoms with van der Waals surface area (Å²) in [6, 6.07) is 16.8. The van der Waals surface area contributed by atoms with Crippen molar-refractivity contribution in [3.05, 3.63) is 59.6 Å². The number of hydrogen-bond donors (Lipinski definition) is 0. The van der Waals surface area contributed by atoms with Gasteiger partial charge in [0.05, 0.1) is 5.25 Å². The second kappa shape index (κ2) is 8.38. The highest BCUT2D eigenvalue weighted by atomic mass is 35.5. The number of para-hydroxylation sites is 1. The molecule has 2 aromatic carbocycles. The van der Waals surface area contributed by atoms with Crippen LogP contribution in [0.2, 0.25) is 5.02 Å². The number of aromatic nitrogens is 2. The van der Waals surface area contributed by atoms with Crippen LogP contribution in [-0.4, -0.2) is 27.9 Å². The first-order chi connectivity index (χ1) is 12.6. The van der Waals surface area contributed by atoms with Crippen LogP contribution in [0, 0.1) is 0 Å². The minimum absolute atomic E-state index is 0.00468. The molecule has 0 radical (unpaired) electrons. The van der Waals surface area contributed by atoms with Crippen molar-refractivity contribution in [2.75, 3.05) is 11.4 Å². The van der Waals surface area contributed by atoms with Gasteiger partial charge in [-0.1, -0.05) is 41.6 Å². The summed E-state index contributed by atoms with van der Waals surface area (Å²) in [7, 11) is 0. The van der Waals surface area contributed by atoms with E-state index in [1.807, 2.05) is 56.3 Å². The van der Waals surface area contributed by atoms with Crippen LogP contribution in [0.15, 0.2) is 64.2 Å². The van der Waals surface area contributed by atoms with Crippen LogP contribution in [0.4, 0.5) is 5.69 Å². The van der Waals surface area contributed by atoms with Crippen molar-refractivity contribution < 1.29 is 9.21 Å². The Labute approximate surface area is 161 Å². The average Bonchev–Trinajstić information content (AvgIpc) is 3.12. The van der Waals surface area contributed by atoms with E-state index in [2.05, 4.69) is 10.2 Å². The molecule has 0 aliphatic carbocycles. The van der Waals surface area contributed by atoms with E-state index >= 15 is 0 Å². The average molecular weight is 388 g/mol. The summed E-state index contributed by atoms with van der Waals surface area (Å²) in [4.78, 5) is 14.5. The van der Waals surface area contributed by atoms with E-state index in [0.29, 0.717) is 22.7 Å². The molecule has 0 aliphatic heterocycles. The minimum Gasteiger partial charge on any atom is -0.411 e. The molecule has 134 valence electrons. The maximum atomic E-state index is 12.8. The largest absolute Gasteiger partial charge is 0.411 e. The van der Waals surface area contributed by atoms with E-state index in [4.69, 9.17) is 16.0 Å². The summed E-state index contributed by atoms with van der Waals surface area (Å²) < 4.78 is 5.68. The molecular weight excluding hydrogens is 370 g/mol. The molecule has 1 aromatic heterocycles. The van der Waals surface area contributed by atoms with Gasteiger partial charge in [-0.15, -0.1) is 10.2 Å². The monoisotopic (exact) mass is 387 g/mol. The molecule has 7 heteroatoms. The molecule has 3 aromatic rings. The van der Waals surface area contributed by atoms with Gasteiger partial charge < -0.3 is 9.32 Å². The van der Waals surface area contributed by atoms with Crippen LogP contribution >= 0.6 is 23.4 Å². The van der Waals surface area contributed by atoms with Crippen LogP contribution < -0.4 is 4.90 Å². The minimum atomic E-state index is -0.353. The van der Waals surface area contributed by atoms with Crippen LogP contribution in [0.3, 0.4) is 0 Å². The smallest absolute Gasteiger partial charge is 0.277 e. The predicted molar refractivity (Wildman–Crippen MR) is 105 cm³/mol. The lowest BCUT2D eigenvalue weighted by atomic mass is 10.2. The SMILES string of the molecule is CCN(C(=O)C(C)Sc1nnc(-c2ccc(Cl)cc2)o1)c1ccccc1. The molecule has 3 rings (SSSR count). The van der Waals surface area contributed by atoms with Gasteiger partial charge in [-0.2, -0.15) is 0 Å². The molecule has 0 fully saturated rings. The normalized spacial score (nSPS) is 12.0. The van der Waals surface area contributed by atoms with Gasteiger partial charge in [0.2, 0.25) is 11.8 Å². The molecule has 0 saturated heterocycles. The quantitative estimate of drug-likeness (QED) is 0.561. The number of carbonyl (C=O) groups excluding carboxylic acids is 1. The second-order valence-electron chi connectivity index (χ2n) is 5.56. The van der Waals surface area contributed by atoms with Gasteiger partial charge in [-0.25, -0.2) is 0 Å². The number of halogens is 1. The first-order valence-corrected chi connectivity index (χ1v) is 9.46. The zero-order valence-corrected chi connectivity index (χ0v) is 16.0. The number of thioether (sulfide) groups is 1. The fraction of sp³-hybridized carbons (Fsp3) is 0.211. The van der Waals surface area contributed by atoms with Crippen LogP contribution in [0.1, 0.15) is 13.8 Å². The van der Waals surface area contributed by atoms with Gasteiger partial charge in [0, 0.05) is 22.8 Å². The van der Waals surface area contributed by atoms with Gasteiger partial charge in [0.15, 0.2) is 0 Å². The molecule has 1 atom stereocenters. The number of carbonyl (C=O) groups is 1. The van der Waals surface area contributed by atoms with Crippen LogP contribution in [0.5, 0.6) is 0 Å². The third kappa shape index (κ3) is 4.26. The number of anilines is 1. The highest BCUT2D eigenvalue weighted by Crippen LogP contribution is 2.28. The van der Waals surface area contributed by atoms with Gasteiger partial charge >= 0.3 is 0 Å². The third-order valence-corrected chi connectivity index (χ3v) is 4.95. The fourth-order valence-electron chi connectivity index (χ4n) is 2.46. The lowest BCUT2D eigenvalue weighted by molar-refractivity contribution is -0.117. The first-order valence-electron chi connectivity index (χ1n) is 8.21. The van der Waals surface area contributed by atoms with Crippen molar-refractivity contribution in [1.29, 1.82) is 0 Å². The van der Waals surface area contributed by atoms with E-state index < -0.39 is 0 Å². The Hall–Kier alpha value is -2.31. The van der Waals surface area contributed by atoms with Crippen molar-refractivity contribution in [3.63, 3.8) is 0 Å². The Morgan fingerprint density at radius 2 is 1.85 bits per heavy atom. The van der Waals surface area contributed by atoms with Gasteiger partial charge in [-0.05, 0) is 50.2 Å². The zero-order valence-electron chi connectivity index (χ0n) is 14.4. The molecule has 5 nitrogen and oxygen atoms in total. The van der Waals surface area contributed by atoms with Crippen LogP contribution in [0.25, 0.3) is 11.5 Å². The van der Waals surface area contributed by atoms with E-state index in [-0.39, 0.29) is 11.2 Å². The molecule has 1 amide bonds. The lowest BCUT2D eigenvalue weighted by Gasteiger charge is -2.23. The van der Waals surface area contributed by atoms with Crippen molar-refractivity contribution in [2.24, 2.45) is 0 Å². The number of benzene rings is 2. The summed E-state index contributed by atoms with van der Waals surface area (Å²) >= 11 is 7.14. The summed E-state index contributed by atoms with van der Waals surface area (Å²) in [5.74, 6) is 0.397. The topological polar surface area (TPSA) is 59.2 Å². The number of amides is 1. The van der Waals surface area contributed by atoms with Crippen LogP contribution in [-0.2, 0) is 4.79 Å². The van der Waals surface area contributed by atoms with Crippen molar-refractivity contribution >= 4 is 35.0 Å². The Balaban J connectivity index is 1.70. The second-order valence-corrected chi connectivity index (χ2v) is 7.29. The Bertz CT molecular complexity index is 868. The van der Waals surface area contributed by atoms with E-state index in [1.54, 1.807) is 17.0 Å². The number of rotatable bonds is 6. The Morgan fingerprint density at radius 1 is 1.15 bits per heavy atom. The van der Waals surface area contributed by atoms with Gasteiger partial charge in [0.1, 0.15) is 0 Å². The van der Waals surface area contributed by atoms with Crippen molar-refractivity contribution in [1.82, 2.24) is 10.2 Å². The third-order valence-electron chi connectivity index (χ3n) is 3.77. The first kappa shape index (κ1) is 18.5. The Morgan fingerprint density at radius 3 is 2.50 bits per heavy atom. The molecule has 0 bridgehead atoms. The van der Waals surface area contributed by atoms with E-state index in [0.717, 1.165) is 11.3 Å². The standard InChI is InChI=1S/C19H18ClN3O2S/c1-3-23(16-7-5-4-6-8-16)18(24)13(2)26-19-22-21-17(25-19)14-9-11-15(20)12-10-14/h4-13H,3H2,1-2H3. The fourth-order valence-corrected chi connectivity index (χ4v) is 3.33. The molecule has 0 spiro atoms. The maximum Gasteiger partial charge on any atom is 0.277 e. The molecule has 26 heavy (non-hydrogen) atoms. The predicted octanol–water partition coefficient (Wildman–Crippen LogP) is 4.92.